The summed E-state index contributed by atoms with van der Waals surface area (Å²) in [4.78, 5) is 28.7. The first-order valence-corrected chi connectivity index (χ1v) is 14.1. The van der Waals surface area contributed by atoms with Gasteiger partial charge in [0.1, 0.15) is 5.82 Å². The number of piperazine rings is 1. The van der Waals surface area contributed by atoms with Crippen LogP contribution in [0.4, 0.5) is 4.39 Å². The number of pyridine rings is 1. The van der Waals surface area contributed by atoms with Crippen molar-refractivity contribution in [1.82, 2.24) is 20.1 Å². The van der Waals surface area contributed by atoms with Crippen LogP contribution in [0.3, 0.4) is 0 Å². The molecule has 2 heterocycles. The third kappa shape index (κ3) is 5.38. The van der Waals surface area contributed by atoms with Gasteiger partial charge in [-0.3, -0.25) is 14.5 Å². The molecule has 1 aromatic heterocycles. The summed E-state index contributed by atoms with van der Waals surface area (Å²) in [6, 6.07) is 9.30. The molecule has 0 radical (unpaired) electrons. The van der Waals surface area contributed by atoms with Gasteiger partial charge >= 0.3 is 0 Å². The second-order valence-electron chi connectivity index (χ2n) is 12.0. The minimum atomic E-state index is -0.419. The molecule has 1 amide bonds. The molecule has 8 heteroatoms. The lowest BCUT2D eigenvalue weighted by Crippen LogP contribution is -2.48. The van der Waals surface area contributed by atoms with E-state index in [0.29, 0.717) is 41.2 Å². The van der Waals surface area contributed by atoms with E-state index in [1.807, 2.05) is 24.4 Å². The molecule has 3 fully saturated rings. The Bertz CT molecular complexity index is 1490. The summed E-state index contributed by atoms with van der Waals surface area (Å²) >= 11 is 0. The first-order valence-electron chi connectivity index (χ1n) is 14.1. The highest BCUT2D eigenvalue weighted by Gasteiger charge is 2.42. The highest BCUT2D eigenvalue weighted by Crippen LogP contribution is 2.46. The number of carbonyl (C=O) groups is 1. The number of nitrogens with zero attached hydrogens (tertiary/aromatic N) is 2. The van der Waals surface area contributed by atoms with Crippen LogP contribution in [0, 0.1) is 18.2 Å². The lowest BCUT2D eigenvalue weighted by molar-refractivity contribution is 0.0950. The van der Waals surface area contributed by atoms with Gasteiger partial charge in [-0.2, -0.15) is 0 Å². The van der Waals surface area contributed by atoms with Crippen LogP contribution in [0.25, 0.3) is 21.9 Å². The number of hydrogen-bond donors (Lipinski definition) is 3. The van der Waals surface area contributed by atoms with Gasteiger partial charge < -0.3 is 20.3 Å². The number of amides is 1. The van der Waals surface area contributed by atoms with Crippen LogP contribution >= 0.6 is 0 Å². The Labute approximate surface area is 228 Å². The maximum absolute atomic E-state index is 15.0. The van der Waals surface area contributed by atoms with E-state index in [4.69, 9.17) is 0 Å². The second kappa shape index (κ2) is 10.2. The number of halogens is 1. The number of aromatic nitrogens is 1. The van der Waals surface area contributed by atoms with Crippen LogP contribution in [0.2, 0.25) is 0 Å². The van der Waals surface area contributed by atoms with Gasteiger partial charge in [0.2, 0.25) is 0 Å². The summed E-state index contributed by atoms with van der Waals surface area (Å²) in [7, 11) is 0. The molecule has 7 nitrogen and oxygen atoms in total. The van der Waals surface area contributed by atoms with Gasteiger partial charge in [0.15, 0.2) is 0 Å². The van der Waals surface area contributed by atoms with E-state index in [1.54, 1.807) is 17.6 Å². The van der Waals surface area contributed by atoms with Gasteiger partial charge in [0.05, 0.1) is 6.61 Å². The highest BCUT2D eigenvalue weighted by atomic mass is 19.1. The monoisotopic (exact) mass is 532 g/mol. The Morgan fingerprint density at radius 3 is 2.69 bits per heavy atom. The lowest BCUT2D eigenvalue weighted by atomic mass is 9.94. The topological polar surface area (TPSA) is 86.6 Å². The molecule has 6 rings (SSSR count). The number of fused-ring (bicyclic) bond motifs is 1. The highest BCUT2D eigenvalue weighted by molar-refractivity contribution is 5.97. The summed E-state index contributed by atoms with van der Waals surface area (Å²) in [5, 5.41) is 17.8. The average Bonchev–Trinajstić information content (AvgIpc) is 3.86. The van der Waals surface area contributed by atoms with E-state index >= 15 is 4.39 Å². The number of hydrogen-bond acceptors (Lipinski definition) is 5. The van der Waals surface area contributed by atoms with Crippen LogP contribution in [-0.4, -0.2) is 58.8 Å². The van der Waals surface area contributed by atoms with Crippen LogP contribution in [0.1, 0.15) is 54.1 Å². The van der Waals surface area contributed by atoms with Gasteiger partial charge in [-0.1, -0.05) is 6.07 Å². The van der Waals surface area contributed by atoms with E-state index in [2.05, 4.69) is 22.5 Å². The van der Waals surface area contributed by atoms with Crippen molar-refractivity contribution in [3.8, 4) is 11.1 Å². The zero-order chi connectivity index (χ0) is 27.3. The molecule has 1 atom stereocenters. The lowest BCUT2D eigenvalue weighted by Gasteiger charge is -2.32. The molecule has 2 aromatic carbocycles. The van der Waals surface area contributed by atoms with E-state index in [9.17, 15) is 14.7 Å². The summed E-state index contributed by atoms with van der Waals surface area (Å²) in [6.07, 6.45) is 5.73. The SMILES string of the molecule is Cc1c(F)cc(C(=O)NC2CC2)cc1-c1ccc2c(=O)n(CC3(CO)CC3)cc(CN3CCNC(C)C3)c2c1. The number of aliphatic hydroxyl groups is 1. The van der Waals surface area contributed by atoms with Crippen molar-refractivity contribution in [2.24, 2.45) is 5.41 Å². The molecule has 1 unspecified atom stereocenters. The minimum Gasteiger partial charge on any atom is -0.396 e. The molecule has 2 aliphatic carbocycles. The van der Waals surface area contributed by atoms with Crippen molar-refractivity contribution < 1.29 is 14.3 Å². The smallest absolute Gasteiger partial charge is 0.258 e. The molecule has 1 aliphatic heterocycles. The van der Waals surface area contributed by atoms with E-state index in [-0.39, 0.29) is 29.5 Å². The first-order chi connectivity index (χ1) is 18.7. The van der Waals surface area contributed by atoms with E-state index in [1.165, 1.54) is 6.07 Å². The van der Waals surface area contributed by atoms with Gasteiger partial charge in [-0.25, -0.2) is 4.39 Å². The fourth-order valence-electron chi connectivity index (χ4n) is 5.79. The molecule has 0 bridgehead atoms. The Balaban J connectivity index is 1.44. The fourth-order valence-corrected chi connectivity index (χ4v) is 5.79. The summed E-state index contributed by atoms with van der Waals surface area (Å²) in [5.41, 5.74) is 2.98. The van der Waals surface area contributed by atoms with Gasteiger partial charge in [0.25, 0.3) is 11.5 Å². The number of rotatable bonds is 8. The predicted octanol–water partition coefficient (Wildman–Crippen LogP) is 3.57. The Hall–Kier alpha value is -3.07. The average molecular weight is 533 g/mol. The quantitative estimate of drug-likeness (QED) is 0.413. The molecule has 2 saturated carbocycles. The minimum absolute atomic E-state index is 0.0748. The van der Waals surface area contributed by atoms with Crippen LogP contribution in [-0.2, 0) is 13.1 Å². The van der Waals surface area contributed by atoms with Crippen molar-refractivity contribution in [2.45, 2.75) is 64.7 Å². The van der Waals surface area contributed by atoms with Crippen molar-refractivity contribution in [3.63, 3.8) is 0 Å². The molecule has 1 saturated heterocycles. The van der Waals surface area contributed by atoms with Gasteiger partial charge in [0, 0.05) is 67.4 Å². The normalized spacial score (nSPS) is 20.8. The number of benzene rings is 2. The van der Waals surface area contributed by atoms with Crippen LogP contribution in [0.15, 0.2) is 41.3 Å². The number of nitrogens with one attached hydrogen (secondary N) is 2. The Kier molecular flexibility index (Phi) is 6.81. The first kappa shape index (κ1) is 26.2. The fraction of sp³-hybridized carbons (Fsp3) is 0.484. The third-order valence-electron chi connectivity index (χ3n) is 8.64. The van der Waals surface area contributed by atoms with Gasteiger partial charge in [-0.05, 0) is 91.4 Å². The molecular weight excluding hydrogens is 495 g/mol. The van der Waals surface area contributed by atoms with Crippen molar-refractivity contribution in [1.29, 1.82) is 0 Å². The summed E-state index contributed by atoms with van der Waals surface area (Å²) < 4.78 is 16.8. The van der Waals surface area contributed by atoms with Crippen molar-refractivity contribution >= 4 is 16.7 Å². The zero-order valence-electron chi connectivity index (χ0n) is 22.7. The van der Waals surface area contributed by atoms with Crippen molar-refractivity contribution in [2.75, 3.05) is 26.2 Å². The van der Waals surface area contributed by atoms with E-state index < -0.39 is 5.82 Å². The molecule has 3 N–H and O–H groups in total. The molecule has 3 aliphatic rings. The molecule has 39 heavy (non-hydrogen) atoms. The standard InChI is InChI=1S/C31H37FN4O3/c1-19-14-35(10-9-33-19)15-23-16-36(17-31(18-37)7-8-31)30(39)25-6-3-21(11-27(23)25)26-12-22(13-28(32)20(26)2)29(38)34-24-4-5-24/h3,6,11-13,16,19,24,33,37H,4-5,7-10,14-15,17-18H2,1-2H3,(H,34,38). The molecule has 0 spiro atoms. The number of aliphatic hydroxyl groups excluding tert-OH is 1. The van der Waals surface area contributed by atoms with E-state index in [0.717, 1.165) is 61.8 Å². The molecular formula is C31H37FN4O3. The summed E-state index contributed by atoms with van der Waals surface area (Å²) in [6.45, 7) is 7.90. The Morgan fingerprint density at radius 2 is 2.00 bits per heavy atom. The predicted molar refractivity (Wildman–Crippen MR) is 150 cm³/mol. The third-order valence-corrected chi connectivity index (χ3v) is 8.64. The van der Waals surface area contributed by atoms with Crippen LogP contribution < -0.4 is 16.2 Å². The van der Waals surface area contributed by atoms with Crippen LogP contribution in [0.5, 0.6) is 0 Å². The Morgan fingerprint density at radius 1 is 1.21 bits per heavy atom. The zero-order valence-corrected chi connectivity index (χ0v) is 22.7. The molecule has 3 aromatic rings. The summed E-state index contributed by atoms with van der Waals surface area (Å²) in [5.74, 6) is -0.676. The maximum Gasteiger partial charge on any atom is 0.258 e. The van der Waals surface area contributed by atoms with Crippen molar-refractivity contribution in [3.05, 3.63) is 69.4 Å². The second-order valence-corrected chi connectivity index (χ2v) is 12.0. The molecule has 206 valence electrons. The maximum atomic E-state index is 15.0. The number of carbonyl (C=O) groups excluding carboxylic acids is 1. The largest absolute Gasteiger partial charge is 0.396 e. The van der Waals surface area contributed by atoms with Gasteiger partial charge in [-0.15, -0.1) is 0 Å².